The van der Waals surface area contributed by atoms with Crippen LogP contribution in [0.25, 0.3) is 21.3 Å². The summed E-state index contributed by atoms with van der Waals surface area (Å²) in [4.78, 5) is 30.2. The monoisotopic (exact) mass is 407 g/mol. The fraction of sp³-hybridized carbons (Fsp3) is 0.0952. The lowest BCUT2D eigenvalue weighted by molar-refractivity contribution is -0.119. The molecule has 0 saturated heterocycles. The van der Waals surface area contributed by atoms with Crippen molar-refractivity contribution >= 4 is 27.5 Å². The zero-order valence-corrected chi connectivity index (χ0v) is 16.3. The molecule has 2 aromatic heterocycles. The molecule has 0 aliphatic rings. The first-order valence-corrected chi connectivity index (χ1v) is 9.65. The number of fused-ring (bicyclic) bond motifs is 1. The van der Waals surface area contributed by atoms with Gasteiger partial charge in [0.2, 0.25) is 0 Å². The molecule has 0 aliphatic heterocycles. The second-order valence-electron chi connectivity index (χ2n) is 6.09. The van der Waals surface area contributed by atoms with Gasteiger partial charge in [-0.05, 0) is 17.7 Å². The van der Waals surface area contributed by atoms with E-state index in [1.54, 1.807) is 24.3 Å². The normalized spacial score (nSPS) is 10.7. The van der Waals surface area contributed by atoms with Crippen LogP contribution in [0, 0.1) is 0 Å². The van der Waals surface area contributed by atoms with Gasteiger partial charge < -0.3 is 9.47 Å². The first-order valence-electron chi connectivity index (χ1n) is 8.77. The molecule has 0 aliphatic carbocycles. The molecule has 1 N–H and O–H groups in total. The number of hydrogen-bond acceptors (Lipinski definition) is 6. The van der Waals surface area contributed by atoms with Crippen LogP contribution in [0.2, 0.25) is 0 Å². The van der Waals surface area contributed by atoms with E-state index < -0.39 is 5.91 Å². The van der Waals surface area contributed by atoms with Crippen LogP contribution in [0.4, 0.5) is 0 Å². The molecule has 2 heterocycles. The van der Waals surface area contributed by atoms with Crippen molar-refractivity contribution in [3.63, 3.8) is 0 Å². The van der Waals surface area contributed by atoms with Crippen LogP contribution in [-0.2, 0) is 4.79 Å². The van der Waals surface area contributed by atoms with Gasteiger partial charge in [-0.2, -0.15) is 0 Å². The summed E-state index contributed by atoms with van der Waals surface area (Å²) >= 11 is 1.39. The Hall–Kier alpha value is -3.65. The summed E-state index contributed by atoms with van der Waals surface area (Å²) in [5.41, 5.74) is 3.88. The van der Waals surface area contributed by atoms with E-state index >= 15 is 0 Å². The maximum absolute atomic E-state index is 12.9. The number of hydrogen-bond donors (Lipinski definition) is 1. The first-order chi connectivity index (χ1) is 14.2. The van der Waals surface area contributed by atoms with E-state index in [0.717, 1.165) is 15.8 Å². The molecular formula is C21H17N3O4S. The molecule has 0 unspecified atom stereocenters. The van der Waals surface area contributed by atoms with Crippen molar-refractivity contribution in [3.8, 4) is 22.6 Å². The number of nitrogens with zero attached hydrogens (tertiary/aromatic N) is 2. The van der Waals surface area contributed by atoms with E-state index in [0.29, 0.717) is 21.7 Å². The Morgan fingerprint density at radius 1 is 1.10 bits per heavy atom. The second kappa shape index (κ2) is 8.15. The van der Waals surface area contributed by atoms with Gasteiger partial charge in [-0.3, -0.25) is 15.0 Å². The van der Waals surface area contributed by atoms with Crippen LogP contribution in [-0.4, -0.2) is 29.3 Å². The van der Waals surface area contributed by atoms with Crippen LogP contribution in [0.1, 0.15) is 0 Å². The third-order valence-electron chi connectivity index (χ3n) is 4.25. The van der Waals surface area contributed by atoms with Crippen molar-refractivity contribution in [1.82, 2.24) is 9.66 Å². The van der Waals surface area contributed by atoms with Gasteiger partial charge in [0.1, 0.15) is 11.2 Å². The minimum absolute atomic E-state index is 0.278. The van der Waals surface area contributed by atoms with Gasteiger partial charge >= 0.3 is 0 Å². The van der Waals surface area contributed by atoms with Gasteiger partial charge in [-0.25, -0.2) is 9.66 Å². The highest BCUT2D eigenvalue weighted by molar-refractivity contribution is 7.17. The Labute approximate surface area is 170 Å². The largest absolute Gasteiger partial charge is 0.493 e. The topological polar surface area (TPSA) is 82.4 Å². The van der Waals surface area contributed by atoms with E-state index in [9.17, 15) is 9.59 Å². The highest BCUT2D eigenvalue weighted by atomic mass is 32.1. The van der Waals surface area contributed by atoms with Crippen LogP contribution in [0.15, 0.2) is 71.1 Å². The SMILES string of the molecule is COc1ccccc1OCC(=O)Nn1cnc2scc(-c3ccccc3)c2c1=O. The van der Waals surface area contributed by atoms with Gasteiger partial charge in [-0.15, -0.1) is 11.3 Å². The van der Waals surface area contributed by atoms with Gasteiger partial charge in [0.15, 0.2) is 18.1 Å². The lowest BCUT2D eigenvalue weighted by Crippen LogP contribution is -2.35. The highest BCUT2D eigenvalue weighted by Gasteiger charge is 2.15. The quantitative estimate of drug-likeness (QED) is 0.530. The molecule has 0 spiro atoms. The Morgan fingerprint density at radius 2 is 1.83 bits per heavy atom. The molecule has 0 atom stereocenters. The highest BCUT2D eigenvalue weighted by Crippen LogP contribution is 2.30. The number of nitrogens with one attached hydrogen (secondary N) is 1. The number of ether oxygens (including phenoxy) is 2. The zero-order chi connectivity index (χ0) is 20.2. The summed E-state index contributed by atoms with van der Waals surface area (Å²) in [6.07, 6.45) is 1.30. The number of carbonyl (C=O) groups excluding carboxylic acids is 1. The van der Waals surface area contributed by atoms with Crippen LogP contribution < -0.4 is 20.5 Å². The Bertz CT molecular complexity index is 1220. The molecule has 7 nitrogen and oxygen atoms in total. The molecule has 1 amide bonds. The number of aromatic nitrogens is 2. The summed E-state index contributed by atoms with van der Waals surface area (Å²) in [5.74, 6) is 0.470. The summed E-state index contributed by atoms with van der Waals surface area (Å²) in [6.45, 7) is -0.278. The lowest BCUT2D eigenvalue weighted by Gasteiger charge is -2.11. The standard InChI is InChI=1S/C21H17N3O4S/c1-27-16-9-5-6-10-17(16)28-11-18(25)23-24-13-22-20-19(21(24)26)15(12-29-20)14-7-3-2-4-8-14/h2-10,12-13H,11H2,1H3,(H,23,25). The number of methoxy groups -OCH3 is 1. The molecule has 0 radical (unpaired) electrons. The van der Waals surface area contributed by atoms with E-state index in [-0.39, 0.29) is 12.2 Å². The number of thiophene rings is 1. The number of rotatable bonds is 6. The molecule has 4 aromatic rings. The fourth-order valence-corrected chi connectivity index (χ4v) is 3.80. The molecule has 2 aromatic carbocycles. The van der Waals surface area contributed by atoms with Crippen molar-refractivity contribution < 1.29 is 14.3 Å². The van der Waals surface area contributed by atoms with Crippen molar-refractivity contribution in [2.24, 2.45) is 0 Å². The first kappa shape index (κ1) is 18.7. The van der Waals surface area contributed by atoms with E-state index in [2.05, 4.69) is 10.4 Å². The van der Waals surface area contributed by atoms with Crippen molar-refractivity contribution in [2.45, 2.75) is 0 Å². The van der Waals surface area contributed by atoms with Crippen molar-refractivity contribution in [3.05, 3.63) is 76.7 Å². The Morgan fingerprint density at radius 3 is 2.59 bits per heavy atom. The number of amides is 1. The smallest absolute Gasteiger partial charge is 0.281 e. The zero-order valence-electron chi connectivity index (χ0n) is 15.5. The average Bonchev–Trinajstić information content (AvgIpc) is 3.20. The maximum atomic E-state index is 12.9. The minimum atomic E-state index is -0.490. The van der Waals surface area contributed by atoms with Crippen molar-refractivity contribution in [1.29, 1.82) is 0 Å². The molecule has 0 fully saturated rings. The van der Waals surface area contributed by atoms with Gasteiger partial charge in [0.25, 0.3) is 11.5 Å². The van der Waals surface area contributed by atoms with Crippen LogP contribution >= 0.6 is 11.3 Å². The molecule has 0 bridgehead atoms. The number of carbonyl (C=O) groups is 1. The van der Waals surface area contributed by atoms with Gasteiger partial charge in [-0.1, -0.05) is 42.5 Å². The van der Waals surface area contributed by atoms with Gasteiger partial charge in [0, 0.05) is 10.9 Å². The molecule has 8 heteroatoms. The van der Waals surface area contributed by atoms with Crippen LogP contribution in [0.3, 0.4) is 0 Å². The Balaban J connectivity index is 1.56. The third kappa shape index (κ3) is 3.83. The summed E-state index contributed by atoms with van der Waals surface area (Å²) in [7, 11) is 1.52. The second-order valence-corrected chi connectivity index (χ2v) is 6.95. The fourth-order valence-electron chi connectivity index (χ4n) is 2.89. The predicted molar refractivity (Wildman–Crippen MR) is 112 cm³/mol. The van der Waals surface area contributed by atoms with E-state index in [1.165, 1.54) is 24.8 Å². The van der Waals surface area contributed by atoms with E-state index in [4.69, 9.17) is 9.47 Å². The minimum Gasteiger partial charge on any atom is -0.493 e. The van der Waals surface area contributed by atoms with Gasteiger partial charge in [0.05, 0.1) is 12.5 Å². The average molecular weight is 407 g/mol. The molecule has 4 rings (SSSR count). The third-order valence-corrected chi connectivity index (χ3v) is 5.14. The number of benzene rings is 2. The molecule has 29 heavy (non-hydrogen) atoms. The lowest BCUT2D eigenvalue weighted by atomic mass is 10.1. The summed E-state index contributed by atoms with van der Waals surface area (Å²) in [5, 5.41) is 2.36. The van der Waals surface area contributed by atoms with E-state index in [1.807, 2.05) is 35.7 Å². The molecule has 0 saturated carbocycles. The van der Waals surface area contributed by atoms with Crippen LogP contribution in [0.5, 0.6) is 11.5 Å². The number of para-hydroxylation sites is 2. The molecular weight excluding hydrogens is 390 g/mol. The van der Waals surface area contributed by atoms with Crippen molar-refractivity contribution in [2.75, 3.05) is 19.1 Å². The maximum Gasteiger partial charge on any atom is 0.281 e. The predicted octanol–water partition coefficient (Wildman–Crippen LogP) is 3.28. The molecule has 146 valence electrons. The summed E-state index contributed by atoms with van der Waals surface area (Å²) < 4.78 is 11.8. The Kier molecular flexibility index (Phi) is 5.26. The summed E-state index contributed by atoms with van der Waals surface area (Å²) in [6, 6.07) is 16.6.